The topological polar surface area (TPSA) is 61.8 Å². The molecule has 0 spiro atoms. The van der Waals surface area contributed by atoms with Gasteiger partial charge in [0.25, 0.3) is 0 Å². The summed E-state index contributed by atoms with van der Waals surface area (Å²) in [4.78, 5) is 22.2. The van der Waals surface area contributed by atoms with Gasteiger partial charge in [0.05, 0.1) is 25.7 Å². The third-order valence-electron chi connectivity index (χ3n) is 4.01. The first-order valence-electron chi connectivity index (χ1n) is 8.16. The predicted molar refractivity (Wildman–Crippen MR) is 83.3 cm³/mol. The van der Waals surface area contributed by atoms with Crippen LogP contribution in [0.5, 0.6) is 0 Å². The smallest absolute Gasteiger partial charge is 0.330 e. The van der Waals surface area contributed by atoms with Crippen molar-refractivity contribution in [3.63, 3.8) is 0 Å². The first kappa shape index (κ1) is 18.7. The molecule has 0 amide bonds. The summed E-state index contributed by atoms with van der Waals surface area (Å²) in [6.07, 6.45) is 9.09. The van der Waals surface area contributed by atoms with Gasteiger partial charge in [-0.1, -0.05) is 13.0 Å². The molecule has 1 fully saturated rings. The lowest BCUT2D eigenvalue weighted by atomic mass is 9.87. The minimum atomic E-state index is -0.356. The van der Waals surface area contributed by atoms with Gasteiger partial charge in [-0.2, -0.15) is 0 Å². The van der Waals surface area contributed by atoms with Gasteiger partial charge in [-0.15, -0.1) is 0 Å². The maximum Gasteiger partial charge on any atom is 0.330 e. The summed E-state index contributed by atoms with van der Waals surface area (Å²) in [6.45, 7) is 4.57. The molecule has 0 N–H and O–H groups in total. The largest absolute Gasteiger partial charge is 0.469 e. The van der Waals surface area contributed by atoms with Crippen molar-refractivity contribution in [2.75, 3.05) is 20.3 Å². The van der Waals surface area contributed by atoms with Gasteiger partial charge in [0.1, 0.15) is 0 Å². The van der Waals surface area contributed by atoms with Crippen LogP contribution in [0.25, 0.3) is 0 Å². The lowest BCUT2D eigenvalue weighted by molar-refractivity contribution is -0.147. The zero-order chi connectivity index (χ0) is 16.2. The van der Waals surface area contributed by atoms with Crippen LogP contribution in [0.15, 0.2) is 12.7 Å². The maximum absolute atomic E-state index is 11.4. The first-order valence-corrected chi connectivity index (χ1v) is 8.16. The number of hydrogen-bond acceptors (Lipinski definition) is 5. The molecular formula is C17H28O5. The Bertz CT molecular complexity index is 345. The lowest BCUT2D eigenvalue weighted by Crippen LogP contribution is -2.27. The van der Waals surface area contributed by atoms with Gasteiger partial charge < -0.3 is 14.2 Å². The van der Waals surface area contributed by atoms with Crippen LogP contribution in [0.3, 0.4) is 0 Å². The van der Waals surface area contributed by atoms with Gasteiger partial charge >= 0.3 is 11.9 Å². The Hall–Kier alpha value is -1.36. The van der Waals surface area contributed by atoms with Crippen molar-refractivity contribution >= 4 is 11.9 Å². The zero-order valence-corrected chi connectivity index (χ0v) is 13.6. The lowest BCUT2D eigenvalue weighted by Gasteiger charge is -2.26. The van der Waals surface area contributed by atoms with Crippen molar-refractivity contribution in [1.29, 1.82) is 0 Å². The molecule has 0 aromatic heterocycles. The summed E-state index contributed by atoms with van der Waals surface area (Å²) in [5.74, 6) is -0.385. The van der Waals surface area contributed by atoms with Crippen LogP contribution in [0.4, 0.5) is 0 Å². The fraction of sp³-hybridized carbons (Fsp3) is 0.765. The Morgan fingerprint density at radius 2 is 1.68 bits per heavy atom. The Labute approximate surface area is 133 Å². The highest BCUT2D eigenvalue weighted by Crippen LogP contribution is 2.27. The highest BCUT2D eigenvalue weighted by molar-refractivity contribution is 5.81. The van der Waals surface area contributed by atoms with Crippen molar-refractivity contribution in [2.45, 2.75) is 57.5 Å². The van der Waals surface area contributed by atoms with E-state index in [4.69, 9.17) is 14.2 Å². The molecule has 1 aliphatic carbocycles. The van der Waals surface area contributed by atoms with E-state index in [-0.39, 0.29) is 24.0 Å². The van der Waals surface area contributed by atoms with Crippen molar-refractivity contribution in [3.05, 3.63) is 12.7 Å². The van der Waals surface area contributed by atoms with Crippen molar-refractivity contribution < 1.29 is 23.8 Å². The van der Waals surface area contributed by atoms with Crippen LogP contribution in [-0.2, 0) is 23.8 Å². The summed E-state index contributed by atoms with van der Waals surface area (Å²) in [5, 5.41) is 0. The average molecular weight is 312 g/mol. The molecule has 0 aromatic carbocycles. The van der Waals surface area contributed by atoms with Crippen LogP contribution >= 0.6 is 0 Å². The molecule has 1 aliphatic rings. The fourth-order valence-electron chi connectivity index (χ4n) is 2.67. The number of hydrogen-bond donors (Lipinski definition) is 0. The highest BCUT2D eigenvalue weighted by Gasteiger charge is 2.26. The van der Waals surface area contributed by atoms with Gasteiger partial charge in [-0.3, -0.25) is 4.79 Å². The molecule has 0 atom stereocenters. The molecule has 126 valence electrons. The molecule has 5 heteroatoms. The van der Waals surface area contributed by atoms with Gasteiger partial charge in [0.15, 0.2) is 0 Å². The van der Waals surface area contributed by atoms with Gasteiger partial charge in [0.2, 0.25) is 0 Å². The van der Waals surface area contributed by atoms with E-state index >= 15 is 0 Å². The second kappa shape index (κ2) is 11.2. The number of esters is 2. The molecular weight excluding hydrogens is 284 g/mol. The molecule has 1 rings (SSSR count). The van der Waals surface area contributed by atoms with Crippen molar-refractivity contribution in [1.82, 2.24) is 0 Å². The Morgan fingerprint density at radius 3 is 2.27 bits per heavy atom. The minimum Gasteiger partial charge on any atom is -0.469 e. The third-order valence-corrected chi connectivity index (χ3v) is 4.01. The highest BCUT2D eigenvalue weighted by atomic mass is 16.5. The number of methoxy groups -OCH3 is 1. The predicted octanol–water partition coefficient (Wildman–Crippen LogP) is 3.02. The van der Waals surface area contributed by atoms with Crippen LogP contribution < -0.4 is 0 Å². The second-order valence-corrected chi connectivity index (χ2v) is 5.65. The normalized spacial score (nSPS) is 21.1. The summed E-state index contributed by atoms with van der Waals surface area (Å²) >= 11 is 0. The third kappa shape index (κ3) is 7.59. The van der Waals surface area contributed by atoms with E-state index in [1.807, 2.05) is 0 Å². The zero-order valence-electron chi connectivity index (χ0n) is 13.6. The Morgan fingerprint density at radius 1 is 1.05 bits per heavy atom. The molecule has 22 heavy (non-hydrogen) atoms. The van der Waals surface area contributed by atoms with Gasteiger partial charge in [0, 0.05) is 12.7 Å². The molecule has 0 saturated heterocycles. The molecule has 0 radical (unpaired) electrons. The molecule has 0 bridgehead atoms. The van der Waals surface area contributed by atoms with E-state index < -0.39 is 0 Å². The summed E-state index contributed by atoms with van der Waals surface area (Å²) < 4.78 is 15.5. The number of unbranched alkanes of at least 4 members (excludes halogenated alkanes) is 3. The molecule has 0 heterocycles. The van der Waals surface area contributed by atoms with E-state index in [1.165, 1.54) is 13.2 Å². The Balaban J connectivity index is 1.92. The van der Waals surface area contributed by atoms with Gasteiger partial charge in [-0.05, 0) is 44.9 Å². The second-order valence-electron chi connectivity index (χ2n) is 5.65. The quantitative estimate of drug-likeness (QED) is 0.352. The number of carbonyl (C=O) groups is 2. The van der Waals surface area contributed by atoms with E-state index in [0.29, 0.717) is 6.61 Å². The summed E-state index contributed by atoms with van der Waals surface area (Å²) in [5.41, 5.74) is 0. The number of carbonyl (C=O) groups excluding carboxylic acids is 2. The molecule has 5 nitrogen and oxygen atoms in total. The van der Waals surface area contributed by atoms with E-state index in [1.54, 1.807) is 0 Å². The molecule has 0 unspecified atom stereocenters. The van der Waals surface area contributed by atoms with E-state index in [0.717, 1.165) is 58.0 Å². The fourth-order valence-corrected chi connectivity index (χ4v) is 2.67. The van der Waals surface area contributed by atoms with Gasteiger partial charge in [-0.25, -0.2) is 4.79 Å². The summed E-state index contributed by atoms with van der Waals surface area (Å²) in [7, 11) is 1.45. The first-order chi connectivity index (χ1) is 10.7. The maximum atomic E-state index is 11.4. The van der Waals surface area contributed by atoms with E-state index in [2.05, 4.69) is 6.58 Å². The van der Waals surface area contributed by atoms with Crippen LogP contribution in [-0.4, -0.2) is 38.4 Å². The monoisotopic (exact) mass is 312 g/mol. The number of ether oxygens (including phenoxy) is 3. The van der Waals surface area contributed by atoms with Crippen LogP contribution in [0.1, 0.15) is 51.4 Å². The minimum absolute atomic E-state index is 0.0585. The summed E-state index contributed by atoms with van der Waals surface area (Å²) in [6, 6.07) is 0. The SMILES string of the molecule is C=CC(=O)OCCCCCCOC1CCC(C(=O)OC)CC1. The molecule has 0 aromatic rings. The molecule has 1 saturated carbocycles. The average Bonchev–Trinajstić information content (AvgIpc) is 2.56. The van der Waals surface area contributed by atoms with Crippen LogP contribution in [0.2, 0.25) is 0 Å². The van der Waals surface area contributed by atoms with E-state index in [9.17, 15) is 9.59 Å². The molecule has 0 aliphatic heterocycles. The number of rotatable bonds is 10. The van der Waals surface area contributed by atoms with Crippen molar-refractivity contribution in [2.24, 2.45) is 5.92 Å². The standard InChI is InChI=1S/C17H28O5/c1-3-16(18)22-13-7-5-4-6-12-21-15-10-8-14(9-11-15)17(19)20-2/h3,14-15H,1,4-13H2,2H3. The Kier molecular flexibility index (Phi) is 9.55. The van der Waals surface area contributed by atoms with Crippen molar-refractivity contribution in [3.8, 4) is 0 Å². The van der Waals surface area contributed by atoms with Crippen LogP contribution in [0, 0.1) is 5.92 Å².